The van der Waals surface area contributed by atoms with Crippen LogP contribution in [0.1, 0.15) is 34.1 Å². The maximum absolute atomic E-state index is 11.4. The van der Waals surface area contributed by atoms with Crippen molar-refractivity contribution in [1.29, 1.82) is 0 Å². The predicted octanol–water partition coefficient (Wildman–Crippen LogP) is 1.15. The zero-order chi connectivity index (χ0) is 10.9. The number of ether oxygens (including phenoxy) is 1. The molecule has 80 valence electrons. The first kappa shape index (κ1) is 11.2. The Balaban J connectivity index is 2.78. The van der Waals surface area contributed by atoms with Gasteiger partial charge in [-0.2, -0.15) is 0 Å². The summed E-state index contributed by atoms with van der Waals surface area (Å²) in [5.74, 6) is -0.269. The summed E-state index contributed by atoms with van der Waals surface area (Å²) in [5, 5.41) is 0. The van der Waals surface area contributed by atoms with Crippen molar-refractivity contribution < 1.29 is 14.3 Å². The number of amides is 2. The molecule has 1 rings (SSSR count). The quantitative estimate of drug-likeness (QED) is 0.670. The van der Waals surface area contributed by atoms with Gasteiger partial charge in [0.2, 0.25) is 11.8 Å². The van der Waals surface area contributed by atoms with E-state index in [0.29, 0.717) is 6.42 Å². The van der Waals surface area contributed by atoms with Crippen LogP contribution in [0.5, 0.6) is 0 Å². The number of carbonyl (C=O) groups is 2. The van der Waals surface area contributed by atoms with Gasteiger partial charge in [-0.25, -0.2) is 0 Å². The van der Waals surface area contributed by atoms with E-state index >= 15 is 0 Å². The maximum atomic E-state index is 11.4. The molecule has 0 unspecified atom stereocenters. The normalized spacial score (nSPS) is 27.5. The average molecular weight is 199 g/mol. The third-order valence-electron chi connectivity index (χ3n) is 2.26. The SMILES string of the molecule is CC(=O)N1C(=O)C[C@H](C)[C@H]1OC(C)C. The Hall–Kier alpha value is -0.900. The molecule has 0 bridgehead atoms. The largest absolute Gasteiger partial charge is 0.355 e. The fourth-order valence-electron chi connectivity index (χ4n) is 1.70. The Bertz CT molecular complexity index is 250. The van der Waals surface area contributed by atoms with Crippen LogP contribution in [0.2, 0.25) is 0 Å². The number of carbonyl (C=O) groups excluding carboxylic acids is 2. The Morgan fingerprint density at radius 2 is 2.14 bits per heavy atom. The fraction of sp³-hybridized carbons (Fsp3) is 0.800. The van der Waals surface area contributed by atoms with Gasteiger partial charge in [0.25, 0.3) is 0 Å². The molecule has 2 atom stereocenters. The lowest BCUT2D eigenvalue weighted by molar-refractivity contribution is -0.156. The van der Waals surface area contributed by atoms with Crippen molar-refractivity contribution in [1.82, 2.24) is 4.90 Å². The predicted molar refractivity (Wildman–Crippen MR) is 51.3 cm³/mol. The summed E-state index contributed by atoms with van der Waals surface area (Å²) in [7, 11) is 0. The van der Waals surface area contributed by atoms with E-state index < -0.39 is 0 Å². The zero-order valence-electron chi connectivity index (χ0n) is 9.11. The smallest absolute Gasteiger partial charge is 0.231 e. The van der Waals surface area contributed by atoms with Gasteiger partial charge >= 0.3 is 0 Å². The molecule has 0 N–H and O–H groups in total. The molecule has 4 nitrogen and oxygen atoms in total. The summed E-state index contributed by atoms with van der Waals surface area (Å²) in [6, 6.07) is 0. The van der Waals surface area contributed by atoms with E-state index in [9.17, 15) is 9.59 Å². The van der Waals surface area contributed by atoms with Crippen LogP contribution in [-0.2, 0) is 14.3 Å². The molecule has 0 aliphatic carbocycles. The number of imide groups is 1. The first-order valence-electron chi connectivity index (χ1n) is 4.91. The third-order valence-corrected chi connectivity index (χ3v) is 2.26. The van der Waals surface area contributed by atoms with E-state index in [1.165, 1.54) is 11.8 Å². The molecule has 0 radical (unpaired) electrons. The molecular weight excluding hydrogens is 182 g/mol. The summed E-state index contributed by atoms with van der Waals surface area (Å²) >= 11 is 0. The van der Waals surface area contributed by atoms with Crippen LogP contribution in [0.3, 0.4) is 0 Å². The highest BCUT2D eigenvalue weighted by atomic mass is 16.5. The molecule has 2 amide bonds. The lowest BCUT2D eigenvalue weighted by Gasteiger charge is -2.26. The third kappa shape index (κ3) is 2.12. The first-order valence-corrected chi connectivity index (χ1v) is 4.91. The highest BCUT2D eigenvalue weighted by Gasteiger charge is 2.40. The number of nitrogens with zero attached hydrogens (tertiary/aromatic N) is 1. The highest BCUT2D eigenvalue weighted by Crippen LogP contribution is 2.26. The topological polar surface area (TPSA) is 46.6 Å². The monoisotopic (exact) mass is 199 g/mol. The molecule has 0 saturated carbocycles. The number of hydrogen-bond donors (Lipinski definition) is 0. The summed E-state index contributed by atoms with van der Waals surface area (Å²) in [6.45, 7) is 7.11. The van der Waals surface area contributed by atoms with Gasteiger partial charge in [0.1, 0.15) is 6.23 Å². The molecule has 0 aromatic rings. The van der Waals surface area contributed by atoms with Crippen molar-refractivity contribution in [3.8, 4) is 0 Å². The second-order valence-electron chi connectivity index (χ2n) is 4.04. The summed E-state index contributed by atoms with van der Waals surface area (Å²) < 4.78 is 5.55. The fourth-order valence-corrected chi connectivity index (χ4v) is 1.70. The molecule has 14 heavy (non-hydrogen) atoms. The van der Waals surface area contributed by atoms with Crippen molar-refractivity contribution in [2.24, 2.45) is 5.92 Å². The van der Waals surface area contributed by atoms with E-state index in [4.69, 9.17) is 4.74 Å². The molecule has 0 spiro atoms. The minimum Gasteiger partial charge on any atom is -0.355 e. The van der Waals surface area contributed by atoms with E-state index in [1.54, 1.807) is 0 Å². The van der Waals surface area contributed by atoms with Crippen LogP contribution < -0.4 is 0 Å². The van der Waals surface area contributed by atoms with E-state index in [1.807, 2.05) is 20.8 Å². The molecule has 1 heterocycles. The lowest BCUT2D eigenvalue weighted by Crippen LogP contribution is -2.41. The standard InChI is InChI=1S/C10H17NO3/c1-6(2)14-10-7(3)5-9(13)11(10)8(4)12/h6-7,10H,5H2,1-4H3/t7-,10+/m0/s1. The first-order chi connectivity index (χ1) is 6.43. The van der Waals surface area contributed by atoms with Gasteiger partial charge in [0.15, 0.2) is 0 Å². The van der Waals surface area contributed by atoms with Crippen molar-refractivity contribution >= 4 is 11.8 Å². The Morgan fingerprint density at radius 1 is 1.57 bits per heavy atom. The van der Waals surface area contributed by atoms with E-state index in [-0.39, 0.29) is 30.1 Å². The van der Waals surface area contributed by atoms with E-state index in [0.717, 1.165) is 0 Å². The Kier molecular flexibility index (Phi) is 3.26. The van der Waals surface area contributed by atoms with Crippen LogP contribution in [-0.4, -0.2) is 29.0 Å². The van der Waals surface area contributed by atoms with Gasteiger partial charge in [-0.1, -0.05) is 6.92 Å². The van der Waals surface area contributed by atoms with Gasteiger partial charge < -0.3 is 4.74 Å². The molecule has 1 saturated heterocycles. The number of rotatable bonds is 2. The van der Waals surface area contributed by atoms with E-state index in [2.05, 4.69) is 0 Å². The molecule has 4 heteroatoms. The van der Waals surface area contributed by atoms with Crippen LogP contribution in [0, 0.1) is 5.92 Å². The van der Waals surface area contributed by atoms with Crippen molar-refractivity contribution in [2.75, 3.05) is 0 Å². The van der Waals surface area contributed by atoms with Gasteiger partial charge in [0.05, 0.1) is 6.10 Å². The Morgan fingerprint density at radius 3 is 2.57 bits per heavy atom. The summed E-state index contributed by atoms with van der Waals surface area (Å²) in [5.41, 5.74) is 0. The molecular formula is C10H17NO3. The molecule has 1 aliphatic rings. The van der Waals surface area contributed by atoms with Crippen molar-refractivity contribution in [3.63, 3.8) is 0 Å². The van der Waals surface area contributed by atoms with Crippen LogP contribution in [0.25, 0.3) is 0 Å². The minimum absolute atomic E-state index is 0.0233. The van der Waals surface area contributed by atoms with Gasteiger partial charge in [-0.05, 0) is 13.8 Å². The maximum Gasteiger partial charge on any atom is 0.231 e. The number of hydrogen-bond acceptors (Lipinski definition) is 3. The van der Waals surface area contributed by atoms with Crippen molar-refractivity contribution in [3.05, 3.63) is 0 Å². The lowest BCUT2D eigenvalue weighted by atomic mass is 10.1. The summed E-state index contributed by atoms with van der Waals surface area (Å²) in [4.78, 5) is 23.9. The van der Waals surface area contributed by atoms with Crippen LogP contribution in [0.4, 0.5) is 0 Å². The Labute approximate surface area is 84.2 Å². The van der Waals surface area contributed by atoms with Crippen molar-refractivity contribution in [2.45, 2.75) is 46.4 Å². The van der Waals surface area contributed by atoms with Gasteiger partial charge in [-0.15, -0.1) is 0 Å². The van der Waals surface area contributed by atoms with Gasteiger partial charge in [-0.3, -0.25) is 14.5 Å². The number of likely N-dealkylation sites (tertiary alicyclic amines) is 1. The molecule has 0 aromatic heterocycles. The molecule has 1 aliphatic heterocycles. The summed E-state index contributed by atoms with van der Waals surface area (Å²) in [6.07, 6.45) is 0.0481. The van der Waals surface area contributed by atoms with Crippen LogP contribution >= 0.6 is 0 Å². The molecule has 1 fully saturated rings. The second kappa shape index (κ2) is 4.09. The second-order valence-corrected chi connectivity index (χ2v) is 4.04. The highest BCUT2D eigenvalue weighted by molar-refractivity contribution is 5.96. The molecule has 0 aromatic carbocycles. The average Bonchev–Trinajstić information content (AvgIpc) is 2.25. The zero-order valence-corrected chi connectivity index (χ0v) is 9.11. The van der Waals surface area contributed by atoms with Gasteiger partial charge in [0, 0.05) is 19.3 Å². The minimum atomic E-state index is -0.375. The van der Waals surface area contributed by atoms with Crippen LogP contribution in [0.15, 0.2) is 0 Å².